The van der Waals surface area contributed by atoms with Crippen LogP contribution in [-0.4, -0.2) is 17.4 Å². The van der Waals surface area contributed by atoms with Crippen LogP contribution in [0.5, 0.6) is 0 Å². The molecule has 6 heteroatoms. The summed E-state index contributed by atoms with van der Waals surface area (Å²) in [7, 11) is 0. The van der Waals surface area contributed by atoms with Gasteiger partial charge in [-0.25, -0.2) is 0 Å². The zero-order valence-corrected chi connectivity index (χ0v) is 11.7. The van der Waals surface area contributed by atoms with Crippen molar-refractivity contribution in [1.82, 2.24) is 5.32 Å². The summed E-state index contributed by atoms with van der Waals surface area (Å²) in [6, 6.07) is 4.22. The molecule has 0 fully saturated rings. The van der Waals surface area contributed by atoms with Crippen LogP contribution in [0.25, 0.3) is 0 Å². The summed E-state index contributed by atoms with van der Waals surface area (Å²) < 4.78 is 0. The number of nitro groups is 1. The minimum atomic E-state index is -0.597. The summed E-state index contributed by atoms with van der Waals surface area (Å²) in [4.78, 5) is 22.1. The molecule has 1 aromatic carbocycles. The van der Waals surface area contributed by atoms with E-state index in [1.807, 2.05) is 0 Å². The number of nitrogens with zero attached hydrogens (tertiary/aromatic N) is 1. The van der Waals surface area contributed by atoms with Crippen molar-refractivity contribution in [2.45, 2.75) is 26.7 Å². The number of amides is 1. The van der Waals surface area contributed by atoms with Gasteiger partial charge in [0.25, 0.3) is 11.6 Å². The Morgan fingerprint density at radius 3 is 2.58 bits per heavy atom. The van der Waals surface area contributed by atoms with Gasteiger partial charge in [0.15, 0.2) is 0 Å². The maximum atomic E-state index is 12.0. The molecule has 0 aliphatic heterocycles. The third kappa shape index (κ3) is 3.92. The van der Waals surface area contributed by atoms with Crippen LogP contribution < -0.4 is 5.32 Å². The van der Waals surface area contributed by atoms with Gasteiger partial charge in [-0.1, -0.05) is 44.4 Å². The zero-order valence-electron chi connectivity index (χ0n) is 11.0. The first-order valence-corrected chi connectivity index (χ1v) is 6.60. The highest BCUT2D eigenvalue weighted by atomic mass is 35.5. The molecule has 104 valence electrons. The lowest BCUT2D eigenvalue weighted by Crippen LogP contribution is -2.29. The van der Waals surface area contributed by atoms with Crippen molar-refractivity contribution < 1.29 is 9.72 Å². The van der Waals surface area contributed by atoms with E-state index in [-0.39, 0.29) is 22.2 Å². The van der Waals surface area contributed by atoms with E-state index in [9.17, 15) is 14.9 Å². The molecule has 1 rings (SSSR count). The molecule has 0 aliphatic rings. The second-order valence-corrected chi connectivity index (χ2v) is 4.67. The maximum Gasteiger partial charge on any atom is 0.288 e. The highest BCUT2D eigenvalue weighted by Crippen LogP contribution is 2.27. The smallest absolute Gasteiger partial charge is 0.288 e. The molecular weight excluding hydrogens is 268 g/mol. The quantitative estimate of drug-likeness (QED) is 0.642. The molecule has 1 N–H and O–H groups in total. The van der Waals surface area contributed by atoms with E-state index >= 15 is 0 Å². The van der Waals surface area contributed by atoms with Crippen LogP contribution in [0.1, 0.15) is 37.0 Å². The van der Waals surface area contributed by atoms with Crippen LogP contribution in [0.2, 0.25) is 5.02 Å². The van der Waals surface area contributed by atoms with E-state index in [2.05, 4.69) is 19.2 Å². The average molecular weight is 285 g/mol. The molecule has 0 saturated heterocycles. The number of nitrogens with one attached hydrogen (secondary N) is 1. The molecule has 0 bridgehead atoms. The normalized spacial score (nSPS) is 10.5. The first-order valence-electron chi connectivity index (χ1n) is 6.22. The number of nitro benzene ring substituents is 1. The van der Waals surface area contributed by atoms with E-state index in [1.165, 1.54) is 18.2 Å². The summed E-state index contributed by atoms with van der Waals surface area (Å²) in [5.74, 6) is 0.0297. The summed E-state index contributed by atoms with van der Waals surface area (Å²) in [5.41, 5.74) is -0.112. The van der Waals surface area contributed by atoms with Gasteiger partial charge in [-0.3, -0.25) is 14.9 Å². The standard InChI is InChI=1S/C13H17ClN2O3/c1-3-9(4-2)8-15-13(17)10-6-5-7-11(12(10)14)16(18)19/h5-7,9H,3-4,8H2,1-2H3,(H,15,17). The highest BCUT2D eigenvalue weighted by molar-refractivity contribution is 6.35. The fraction of sp³-hybridized carbons (Fsp3) is 0.462. The zero-order chi connectivity index (χ0) is 14.4. The Morgan fingerprint density at radius 1 is 1.42 bits per heavy atom. The van der Waals surface area contributed by atoms with Crippen molar-refractivity contribution in [1.29, 1.82) is 0 Å². The molecule has 19 heavy (non-hydrogen) atoms. The molecule has 1 amide bonds. The third-order valence-electron chi connectivity index (χ3n) is 3.13. The van der Waals surface area contributed by atoms with Gasteiger partial charge < -0.3 is 5.32 Å². The Bertz CT molecular complexity index is 473. The lowest BCUT2D eigenvalue weighted by Gasteiger charge is -2.13. The first-order chi connectivity index (χ1) is 9.01. The van der Waals surface area contributed by atoms with Crippen molar-refractivity contribution in [2.24, 2.45) is 5.92 Å². The fourth-order valence-corrected chi connectivity index (χ4v) is 2.03. The van der Waals surface area contributed by atoms with E-state index < -0.39 is 4.92 Å². The summed E-state index contributed by atoms with van der Waals surface area (Å²) in [6.07, 6.45) is 1.94. The van der Waals surface area contributed by atoms with Crippen LogP contribution in [0.4, 0.5) is 5.69 Å². The Kier molecular flexibility index (Phi) is 5.76. The van der Waals surface area contributed by atoms with E-state index in [0.29, 0.717) is 12.5 Å². The second kappa shape index (κ2) is 7.09. The van der Waals surface area contributed by atoms with Gasteiger partial charge in [0.1, 0.15) is 5.02 Å². The first kappa shape index (κ1) is 15.4. The molecule has 0 aliphatic carbocycles. The second-order valence-electron chi connectivity index (χ2n) is 4.29. The highest BCUT2D eigenvalue weighted by Gasteiger charge is 2.20. The van der Waals surface area contributed by atoms with E-state index in [0.717, 1.165) is 12.8 Å². The lowest BCUT2D eigenvalue weighted by molar-refractivity contribution is -0.384. The molecule has 0 aromatic heterocycles. The van der Waals surface area contributed by atoms with Gasteiger partial charge in [-0.15, -0.1) is 0 Å². The molecule has 0 atom stereocenters. The van der Waals surface area contributed by atoms with Crippen LogP contribution >= 0.6 is 11.6 Å². The Balaban J connectivity index is 2.83. The topological polar surface area (TPSA) is 72.2 Å². The summed E-state index contributed by atoms with van der Waals surface area (Å²) in [6.45, 7) is 4.66. The van der Waals surface area contributed by atoms with Gasteiger partial charge in [-0.05, 0) is 12.0 Å². The van der Waals surface area contributed by atoms with Crippen molar-refractivity contribution in [3.8, 4) is 0 Å². The van der Waals surface area contributed by atoms with Crippen LogP contribution in [0.3, 0.4) is 0 Å². The molecule has 0 radical (unpaired) electrons. The van der Waals surface area contributed by atoms with E-state index in [1.54, 1.807) is 0 Å². The van der Waals surface area contributed by atoms with Gasteiger partial charge in [0.2, 0.25) is 0 Å². The minimum Gasteiger partial charge on any atom is -0.352 e. The Morgan fingerprint density at radius 2 is 2.05 bits per heavy atom. The summed E-state index contributed by atoms with van der Waals surface area (Å²) in [5, 5.41) is 13.4. The fourth-order valence-electron chi connectivity index (χ4n) is 1.75. The number of halogens is 1. The minimum absolute atomic E-state index is 0.116. The van der Waals surface area contributed by atoms with Gasteiger partial charge in [0, 0.05) is 12.6 Å². The molecule has 1 aromatic rings. The van der Waals surface area contributed by atoms with Crippen LogP contribution in [-0.2, 0) is 0 Å². The van der Waals surface area contributed by atoms with Crippen molar-refractivity contribution in [2.75, 3.05) is 6.54 Å². The number of rotatable bonds is 6. The van der Waals surface area contributed by atoms with Crippen molar-refractivity contribution >= 4 is 23.2 Å². The van der Waals surface area contributed by atoms with Crippen molar-refractivity contribution in [3.05, 3.63) is 38.9 Å². The van der Waals surface area contributed by atoms with Crippen molar-refractivity contribution in [3.63, 3.8) is 0 Å². The summed E-state index contributed by atoms with van der Waals surface area (Å²) >= 11 is 5.88. The number of hydrogen-bond donors (Lipinski definition) is 1. The molecular formula is C13H17ClN2O3. The van der Waals surface area contributed by atoms with Gasteiger partial charge in [-0.2, -0.15) is 0 Å². The number of carbonyl (C=O) groups excluding carboxylic acids is 1. The lowest BCUT2D eigenvalue weighted by atomic mass is 10.0. The largest absolute Gasteiger partial charge is 0.352 e. The molecule has 0 heterocycles. The van der Waals surface area contributed by atoms with E-state index in [4.69, 9.17) is 11.6 Å². The van der Waals surface area contributed by atoms with Gasteiger partial charge >= 0.3 is 0 Å². The Hall–Kier alpha value is -1.62. The number of benzene rings is 1. The Labute approximate surface area is 117 Å². The van der Waals surface area contributed by atoms with Gasteiger partial charge in [0.05, 0.1) is 10.5 Å². The predicted octanol–water partition coefficient (Wildman–Crippen LogP) is 3.41. The predicted molar refractivity (Wildman–Crippen MR) is 74.5 cm³/mol. The molecule has 0 unspecified atom stereocenters. The molecule has 5 nitrogen and oxygen atoms in total. The monoisotopic (exact) mass is 284 g/mol. The average Bonchev–Trinajstić information content (AvgIpc) is 2.39. The van der Waals surface area contributed by atoms with Crippen LogP contribution in [0.15, 0.2) is 18.2 Å². The molecule has 0 saturated carbocycles. The maximum absolute atomic E-state index is 12.0. The SMILES string of the molecule is CCC(CC)CNC(=O)c1cccc([N+](=O)[O-])c1Cl. The van der Waals surface area contributed by atoms with Crippen LogP contribution in [0, 0.1) is 16.0 Å². The number of hydrogen-bond acceptors (Lipinski definition) is 3. The third-order valence-corrected chi connectivity index (χ3v) is 3.52. The molecule has 0 spiro atoms. The number of carbonyl (C=O) groups is 1.